The first-order valence-corrected chi connectivity index (χ1v) is 13.1. The number of anilines is 1. The van der Waals surface area contributed by atoms with Crippen molar-refractivity contribution in [3.63, 3.8) is 0 Å². The molecule has 0 bridgehead atoms. The summed E-state index contributed by atoms with van der Waals surface area (Å²) >= 11 is 6.23. The number of aromatic nitrogens is 1. The van der Waals surface area contributed by atoms with Crippen LogP contribution in [0.2, 0.25) is 5.02 Å². The molecule has 0 aliphatic carbocycles. The molecule has 41 heavy (non-hydrogen) atoms. The van der Waals surface area contributed by atoms with Crippen LogP contribution in [0, 0.1) is 0 Å². The van der Waals surface area contributed by atoms with Gasteiger partial charge in [0.1, 0.15) is 5.75 Å². The number of hydrogen-bond acceptors (Lipinski definition) is 7. The first-order chi connectivity index (χ1) is 19.6. The molecule has 1 aromatic heterocycles. The van der Waals surface area contributed by atoms with Crippen LogP contribution in [-0.4, -0.2) is 36.3 Å². The van der Waals surface area contributed by atoms with Crippen LogP contribution >= 0.6 is 11.6 Å². The van der Waals surface area contributed by atoms with Crippen molar-refractivity contribution < 1.29 is 23.9 Å². The van der Waals surface area contributed by atoms with E-state index in [1.807, 2.05) is 12.1 Å². The molecular weight excluding hydrogens is 544 g/mol. The van der Waals surface area contributed by atoms with Crippen molar-refractivity contribution in [2.45, 2.75) is 25.8 Å². The van der Waals surface area contributed by atoms with Gasteiger partial charge in [-0.3, -0.25) is 14.4 Å². The molecule has 210 valence electrons. The van der Waals surface area contributed by atoms with E-state index in [1.54, 1.807) is 54.6 Å². The van der Waals surface area contributed by atoms with Crippen LogP contribution in [0.4, 0.5) is 5.69 Å². The van der Waals surface area contributed by atoms with Crippen molar-refractivity contribution in [2.24, 2.45) is 0 Å². The summed E-state index contributed by atoms with van der Waals surface area (Å²) in [6, 6.07) is 18.9. The second-order valence-electron chi connectivity index (χ2n) is 9.54. The van der Waals surface area contributed by atoms with Gasteiger partial charge in [-0.15, -0.1) is 0 Å². The molecule has 8 nitrogen and oxygen atoms in total. The number of nitrogen functional groups attached to an aromatic ring is 1. The Morgan fingerprint density at radius 1 is 0.902 bits per heavy atom. The molecule has 0 aliphatic heterocycles. The van der Waals surface area contributed by atoms with Crippen molar-refractivity contribution in [3.8, 4) is 16.9 Å². The highest BCUT2D eigenvalue weighted by Crippen LogP contribution is 2.34. The lowest BCUT2D eigenvalue weighted by molar-refractivity contribution is -0.121. The van der Waals surface area contributed by atoms with Crippen LogP contribution < -0.4 is 16.0 Å². The Balaban J connectivity index is 1.78. The van der Waals surface area contributed by atoms with Gasteiger partial charge in [-0.2, -0.15) is 0 Å². The largest absolute Gasteiger partial charge is 0.495 e. The van der Waals surface area contributed by atoms with Crippen molar-refractivity contribution in [1.29, 1.82) is 0 Å². The molecule has 1 atom stereocenters. The topological polar surface area (TPSA) is 118 Å². The average Bonchev–Trinajstić information content (AvgIpc) is 2.96. The van der Waals surface area contributed by atoms with Gasteiger partial charge in [-0.1, -0.05) is 35.9 Å². The number of rotatable bonds is 10. The van der Waals surface area contributed by atoms with E-state index >= 15 is 0 Å². The molecule has 0 saturated carbocycles. The Kier molecular flexibility index (Phi) is 9.04. The van der Waals surface area contributed by atoms with Gasteiger partial charge in [0.25, 0.3) is 5.56 Å². The van der Waals surface area contributed by atoms with Crippen LogP contribution in [0.15, 0.2) is 83.8 Å². The minimum absolute atomic E-state index is 0.0143. The maximum absolute atomic E-state index is 13.8. The summed E-state index contributed by atoms with van der Waals surface area (Å²) in [5, 5.41) is 0.394. The fraction of sp³-hybridized carbons (Fsp3) is 0.188. The molecular formula is C32H29ClN2O6. The third kappa shape index (κ3) is 6.73. The number of methoxy groups -OCH3 is 2. The Bertz CT molecular complexity index is 1660. The molecule has 1 unspecified atom stereocenters. The third-order valence-corrected chi connectivity index (χ3v) is 7.02. The average molecular weight is 573 g/mol. The van der Waals surface area contributed by atoms with E-state index in [1.165, 1.54) is 38.0 Å². The highest BCUT2D eigenvalue weighted by molar-refractivity contribution is 6.31. The Morgan fingerprint density at radius 2 is 1.56 bits per heavy atom. The van der Waals surface area contributed by atoms with Gasteiger partial charge in [0.05, 0.1) is 32.0 Å². The quantitative estimate of drug-likeness (QED) is 0.155. The van der Waals surface area contributed by atoms with Crippen molar-refractivity contribution in [1.82, 2.24) is 4.57 Å². The first-order valence-electron chi connectivity index (χ1n) is 12.8. The van der Waals surface area contributed by atoms with E-state index in [2.05, 4.69) is 0 Å². The SMILES string of the molecule is COC(=O)c1ccc(CC(=O)C(Cc2ccc(N)cc2)n2cc(OC)c(-c3cc(Cl)ccc3C(C)=O)cc2=O)cc1. The fourth-order valence-corrected chi connectivity index (χ4v) is 4.80. The molecule has 3 aromatic carbocycles. The predicted molar refractivity (Wildman–Crippen MR) is 158 cm³/mol. The van der Waals surface area contributed by atoms with E-state index in [-0.39, 0.29) is 24.4 Å². The number of nitrogens with zero attached hydrogens (tertiary/aromatic N) is 1. The first kappa shape index (κ1) is 29.3. The number of Topliss-reactive ketones (excluding diaryl/α,β-unsaturated/α-hetero) is 2. The fourth-order valence-electron chi connectivity index (χ4n) is 4.63. The lowest BCUT2D eigenvalue weighted by atomic mass is 9.95. The summed E-state index contributed by atoms with van der Waals surface area (Å²) in [5.74, 6) is -0.600. The third-order valence-electron chi connectivity index (χ3n) is 6.78. The monoisotopic (exact) mass is 572 g/mol. The molecule has 0 saturated heterocycles. The maximum Gasteiger partial charge on any atom is 0.337 e. The zero-order valence-corrected chi connectivity index (χ0v) is 23.6. The molecule has 4 rings (SSSR count). The van der Waals surface area contributed by atoms with E-state index in [9.17, 15) is 19.2 Å². The van der Waals surface area contributed by atoms with E-state index < -0.39 is 17.6 Å². The van der Waals surface area contributed by atoms with Gasteiger partial charge in [-0.25, -0.2) is 4.79 Å². The van der Waals surface area contributed by atoms with Crippen molar-refractivity contribution in [2.75, 3.05) is 20.0 Å². The van der Waals surface area contributed by atoms with Crippen LogP contribution in [0.5, 0.6) is 5.75 Å². The molecule has 0 aliphatic rings. The van der Waals surface area contributed by atoms with Gasteiger partial charge < -0.3 is 19.8 Å². The molecule has 4 aromatic rings. The Morgan fingerprint density at radius 3 is 2.17 bits per heavy atom. The predicted octanol–water partition coefficient (Wildman–Crippen LogP) is 5.34. The van der Waals surface area contributed by atoms with Gasteiger partial charge in [0.2, 0.25) is 0 Å². The van der Waals surface area contributed by atoms with Crippen molar-refractivity contribution in [3.05, 3.63) is 117 Å². The normalized spacial score (nSPS) is 11.5. The summed E-state index contributed by atoms with van der Waals surface area (Å²) in [6.45, 7) is 1.43. The highest BCUT2D eigenvalue weighted by atomic mass is 35.5. The van der Waals surface area contributed by atoms with Gasteiger partial charge in [-0.05, 0) is 66.1 Å². The van der Waals surface area contributed by atoms with Crippen molar-refractivity contribution >= 4 is 34.8 Å². The Hall–Kier alpha value is -4.69. The minimum atomic E-state index is -0.888. The highest BCUT2D eigenvalue weighted by Gasteiger charge is 2.25. The lowest BCUT2D eigenvalue weighted by Crippen LogP contribution is -2.32. The Labute approximate surface area is 242 Å². The maximum atomic E-state index is 13.8. The number of carbonyl (C=O) groups is 3. The number of pyridine rings is 1. The molecule has 1 heterocycles. The van der Waals surface area contributed by atoms with E-state index in [0.29, 0.717) is 44.3 Å². The standard InChI is InChI=1S/C32H29ClN2O6/c1-19(36)25-13-10-23(33)16-26(25)27-17-31(38)35(18-30(27)40-2)28(14-20-6-11-24(34)12-7-20)29(37)15-21-4-8-22(9-5-21)32(39)41-3/h4-13,16-18,28H,14-15,34H2,1-3H3. The van der Waals surface area contributed by atoms with Crippen LogP contribution in [0.3, 0.4) is 0 Å². The van der Waals surface area contributed by atoms with Gasteiger partial charge in [0.15, 0.2) is 11.6 Å². The molecule has 0 radical (unpaired) electrons. The summed E-state index contributed by atoms with van der Waals surface area (Å²) < 4.78 is 11.7. The smallest absolute Gasteiger partial charge is 0.337 e. The molecule has 0 fully saturated rings. The van der Waals surface area contributed by atoms with Crippen LogP contribution in [0.25, 0.3) is 11.1 Å². The number of halogens is 1. The molecule has 9 heteroatoms. The number of hydrogen-bond donors (Lipinski definition) is 1. The second-order valence-corrected chi connectivity index (χ2v) is 9.98. The number of benzene rings is 3. The van der Waals surface area contributed by atoms with Crippen LogP contribution in [0.1, 0.15) is 44.8 Å². The van der Waals surface area contributed by atoms with Gasteiger partial charge >= 0.3 is 5.97 Å². The number of ether oxygens (including phenoxy) is 2. The summed E-state index contributed by atoms with van der Waals surface area (Å²) in [4.78, 5) is 51.5. The zero-order chi connectivity index (χ0) is 29.7. The molecule has 2 N–H and O–H groups in total. The number of carbonyl (C=O) groups excluding carboxylic acids is 3. The van der Waals surface area contributed by atoms with Crippen LogP contribution in [-0.2, 0) is 22.4 Å². The lowest BCUT2D eigenvalue weighted by Gasteiger charge is -2.22. The zero-order valence-electron chi connectivity index (χ0n) is 22.8. The minimum Gasteiger partial charge on any atom is -0.495 e. The molecule has 0 amide bonds. The van der Waals surface area contributed by atoms with Gasteiger partial charge in [0, 0.05) is 40.7 Å². The number of esters is 1. The molecule has 0 spiro atoms. The van der Waals surface area contributed by atoms with E-state index in [0.717, 1.165) is 5.56 Å². The second kappa shape index (κ2) is 12.7. The number of nitrogens with two attached hydrogens (primary N) is 1. The summed E-state index contributed by atoms with van der Waals surface area (Å²) in [7, 11) is 2.75. The summed E-state index contributed by atoms with van der Waals surface area (Å²) in [6.07, 6.45) is 1.72. The summed E-state index contributed by atoms with van der Waals surface area (Å²) in [5.41, 5.74) is 9.04. The number of ketones is 2. The van der Waals surface area contributed by atoms with E-state index in [4.69, 9.17) is 26.8 Å².